The van der Waals surface area contributed by atoms with Gasteiger partial charge in [-0.1, -0.05) is 29.8 Å². The molecule has 2 aromatic rings. The van der Waals surface area contributed by atoms with Gasteiger partial charge in [-0.05, 0) is 30.3 Å². The fourth-order valence-corrected chi connectivity index (χ4v) is 3.49. The minimum Gasteiger partial charge on any atom is -0.369 e. The van der Waals surface area contributed by atoms with Gasteiger partial charge in [0.15, 0.2) is 0 Å². The maximum absolute atomic E-state index is 12.1. The molecule has 0 unspecified atom stereocenters. The number of hydrogen-bond donors (Lipinski definition) is 2. The van der Waals surface area contributed by atoms with Crippen molar-refractivity contribution in [3.8, 4) is 0 Å². The average molecular weight is 367 g/mol. The highest BCUT2D eigenvalue weighted by Gasteiger charge is 2.09. The van der Waals surface area contributed by atoms with Crippen LogP contribution < -0.4 is 11.1 Å². The molecule has 120 valence electrons. The van der Waals surface area contributed by atoms with Gasteiger partial charge in [-0.15, -0.1) is 23.5 Å². The van der Waals surface area contributed by atoms with Crippen LogP contribution in [0.5, 0.6) is 0 Å². The summed E-state index contributed by atoms with van der Waals surface area (Å²) in [4.78, 5) is 24.7. The highest BCUT2D eigenvalue weighted by molar-refractivity contribution is 8.00. The summed E-state index contributed by atoms with van der Waals surface area (Å²) in [5.74, 6) is -0.0750. The molecule has 0 aliphatic heterocycles. The predicted octanol–water partition coefficient (Wildman–Crippen LogP) is 3.65. The summed E-state index contributed by atoms with van der Waals surface area (Å²) in [6.45, 7) is 0. The number of nitrogens with one attached hydrogen (secondary N) is 1. The Morgan fingerprint density at radius 3 is 2.57 bits per heavy atom. The van der Waals surface area contributed by atoms with E-state index in [0.717, 1.165) is 9.79 Å². The van der Waals surface area contributed by atoms with Crippen molar-refractivity contribution in [2.24, 2.45) is 5.73 Å². The molecule has 0 saturated carbocycles. The number of halogens is 1. The summed E-state index contributed by atoms with van der Waals surface area (Å²) in [6, 6.07) is 14.7. The third kappa shape index (κ3) is 6.17. The maximum atomic E-state index is 12.1. The Labute approximate surface area is 148 Å². The van der Waals surface area contributed by atoms with Crippen LogP contribution in [0.15, 0.2) is 58.3 Å². The van der Waals surface area contributed by atoms with E-state index in [1.54, 1.807) is 12.1 Å². The van der Waals surface area contributed by atoms with Gasteiger partial charge in [0.25, 0.3) is 0 Å². The Morgan fingerprint density at radius 1 is 1.04 bits per heavy atom. The zero-order valence-corrected chi connectivity index (χ0v) is 14.5. The number of carbonyl (C=O) groups excluding carboxylic acids is 2. The summed E-state index contributed by atoms with van der Waals surface area (Å²) in [7, 11) is 0. The number of benzene rings is 2. The summed E-state index contributed by atoms with van der Waals surface area (Å²) in [6.07, 6.45) is 0. The monoisotopic (exact) mass is 366 g/mol. The lowest BCUT2D eigenvalue weighted by Gasteiger charge is -2.10. The Kier molecular flexibility index (Phi) is 6.83. The molecule has 0 bridgehead atoms. The molecule has 3 N–H and O–H groups in total. The lowest BCUT2D eigenvalue weighted by atomic mass is 10.3. The Morgan fingerprint density at radius 2 is 1.83 bits per heavy atom. The van der Waals surface area contributed by atoms with Gasteiger partial charge >= 0.3 is 0 Å². The first-order valence-electron chi connectivity index (χ1n) is 6.73. The highest BCUT2D eigenvalue weighted by Crippen LogP contribution is 2.27. The smallest absolute Gasteiger partial charge is 0.234 e. The summed E-state index contributed by atoms with van der Waals surface area (Å²) in [5.41, 5.74) is 5.83. The molecule has 0 aliphatic rings. The van der Waals surface area contributed by atoms with Crippen LogP contribution in [0.25, 0.3) is 0 Å². The van der Waals surface area contributed by atoms with Crippen LogP contribution >= 0.6 is 35.1 Å². The summed E-state index contributed by atoms with van der Waals surface area (Å²) in [5, 5.41) is 3.50. The first-order chi connectivity index (χ1) is 11.0. The molecule has 0 aliphatic carbocycles. The molecule has 0 spiro atoms. The second-order valence-electron chi connectivity index (χ2n) is 4.55. The first kappa shape index (κ1) is 17.7. The van der Waals surface area contributed by atoms with Crippen LogP contribution in [-0.2, 0) is 9.59 Å². The van der Waals surface area contributed by atoms with E-state index >= 15 is 0 Å². The lowest BCUT2D eigenvalue weighted by Crippen LogP contribution is -2.15. The molecule has 0 aromatic heterocycles. The Hall–Kier alpha value is -1.63. The molecular formula is C16H15ClN2O2S2. The SMILES string of the molecule is NC(=O)CSc1ccccc1NC(=O)CSc1cccc(Cl)c1. The van der Waals surface area contributed by atoms with E-state index < -0.39 is 5.91 Å². The third-order valence-corrected chi connectivity index (χ3v) is 5.02. The van der Waals surface area contributed by atoms with Crippen molar-refractivity contribution in [2.75, 3.05) is 16.8 Å². The topological polar surface area (TPSA) is 72.2 Å². The number of thioether (sulfide) groups is 2. The van der Waals surface area contributed by atoms with Crippen LogP contribution in [0.1, 0.15) is 0 Å². The van der Waals surface area contributed by atoms with E-state index in [2.05, 4.69) is 5.32 Å². The zero-order valence-electron chi connectivity index (χ0n) is 12.1. The van der Waals surface area contributed by atoms with E-state index in [1.165, 1.54) is 23.5 Å². The van der Waals surface area contributed by atoms with Crippen LogP contribution in [0.3, 0.4) is 0 Å². The van der Waals surface area contributed by atoms with Crippen LogP contribution in [-0.4, -0.2) is 23.3 Å². The van der Waals surface area contributed by atoms with Crippen molar-refractivity contribution in [1.29, 1.82) is 0 Å². The van der Waals surface area contributed by atoms with Gasteiger partial charge in [-0.25, -0.2) is 0 Å². The van der Waals surface area contributed by atoms with Crippen molar-refractivity contribution in [3.05, 3.63) is 53.6 Å². The number of rotatable bonds is 7. The average Bonchev–Trinajstić information content (AvgIpc) is 2.52. The third-order valence-electron chi connectivity index (χ3n) is 2.70. The van der Waals surface area contributed by atoms with Crippen molar-refractivity contribution in [1.82, 2.24) is 0 Å². The van der Waals surface area contributed by atoms with E-state index in [-0.39, 0.29) is 17.4 Å². The predicted molar refractivity (Wildman–Crippen MR) is 97.2 cm³/mol. The van der Waals surface area contributed by atoms with Crippen LogP contribution in [0, 0.1) is 0 Å². The largest absolute Gasteiger partial charge is 0.369 e. The van der Waals surface area contributed by atoms with Crippen molar-refractivity contribution < 1.29 is 9.59 Å². The van der Waals surface area contributed by atoms with E-state index in [9.17, 15) is 9.59 Å². The number of carbonyl (C=O) groups is 2. The Balaban J connectivity index is 1.93. The highest BCUT2D eigenvalue weighted by atomic mass is 35.5. The number of amides is 2. The molecule has 0 heterocycles. The van der Waals surface area contributed by atoms with Gasteiger partial charge in [0, 0.05) is 14.8 Å². The Bertz CT molecular complexity index is 710. The van der Waals surface area contributed by atoms with Gasteiger partial charge in [-0.3, -0.25) is 9.59 Å². The summed E-state index contributed by atoms with van der Waals surface area (Å²) >= 11 is 8.63. The molecule has 0 fully saturated rings. The number of anilines is 1. The lowest BCUT2D eigenvalue weighted by molar-refractivity contribution is -0.115. The van der Waals surface area contributed by atoms with Crippen molar-refractivity contribution >= 4 is 52.6 Å². The number of para-hydroxylation sites is 1. The standard InChI is InChI=1S/C16H15ClN2O2S2/c17-11-4-3-5-12(8-11)22-10-16(21)19-13-6-1-2-7-14(13)23-9-15(18)20/h1-8H,9-10H2,(H2,18,20)(H,19,21). The van der Waals surface area contributed by atoms with E-state index in [0.29, 0.717) is 10.7 Å². The van der Waals surface area contributed by atoms with Crippen molar-refractivity contribution in [2.45, 2.75) is 9.79 Å². The molecule has 2 rings (SSSR count). The number of nitrogens with two attached hydrogens (primary N) is 1. The zero-order chi connectivity index (χ0) is 16.7. The van der Waals surface area contributed by atoms with E-state index in [1.807, 2.05) is 36.4 Å². The van der Waals surface area contributed by atoms with Crippen LogP contribution in [0.2, 0.25) is 5.02 Å². The fourth-order valence-electron chi connectivity index (χ4n) is 1.74. The minimum absolute atomic E-state index is 0.123. The quantitative estimate of drug-likeness (QED) is 0.733. The van der Waals surface area contributed by atoms with Gasteiger partial charge in [0.05, 0.1) is 17.2 Å². The molecule has 7 heteroatoms. The second kappa shape index (κ2) is 8.86. The van der Waals surface area contributed by atoms with Gasteiger partial charge in [0.1, 0.15) is 0 Å². The normalized spacial score (nSPS) is 10.3. The number of hydrogen-bond acceptors (Lipinski definition) is 4. The molecule has 23 heavy (non-hydrogen) atoms. The molecular weight excluding hydrogens is 352 g/mol. The first-order valence-corrected chi connectivity index (χ1v) is 9.08. The van der Waals surface area contributed by atoms with Crippen LogP contribution in [0.4, 0.5) is 5.69 Å². The molecule has 2 amide bonds. The van der Waals surface area contributed by atoms with Crippen molar-refractivity contribution in [3.63, 3.8) is 0 Å². The van der Waals surface area contributed by atoms with Gasteiger partial charge in [-0.2, -0.15) is 0 Å². The minimum atomic E-state index is -0.396. The molecule has 0 atom stereocenters. The second-order valence-corrected chi connectivity index (χ2v) is 7.05. The maximum Gasteiger partial charge on any atom is 0.234 e. The molecule has 0 saturated heterocycles. The molecule has 4 nitrogen and oxygen atoms in total. The summed E-state index contributed by atoms with van der Waals surface area (Å²) < 4.78 is 0. The number of primary amides is 1. The van der Waals surface area contributed by atoms with Gasteiger partial charge < -0.3 is 11.1 Å². The molecule has 2 aromatic carbocycles. The fraction of sp³-hybridized carbons (Fsp3) is 0.125. The van der Waals surface area contributed by atoms with E-state index in [4.69, 9.17) is 17.3 Å². The van der Waals surface area contributed by atoms with Gasteiger partial charge in [0.2, 0.25) is 11.8 Å². The molecule has 0 radical (unpaired) electrons.